The van der Waals surface area contributed by atoms with Crippen LogP contribution in [0.2, 0.25) is 0 Å². The van der Waals surface area contributed by atoms with Crippen molar-refractivity contribution < 1.29 is 0 Å². The lowest BCUT2D eigenvalue weighted by molar-refractivity contribution is -0.0224. The number of hydrogen-bond donors (Lipinski definition) is 0. The first-order chi connectivity index (χ1) is 8.31. The predicted octanol–water partition coefficient (Wildman–Crippen LogP) is 5.28. The summed E-state index contributed by atoms with van der Waals surface area (Å²) in [5.41, 5.74) is 0. The fourth-order valence-electron chi connectivity index (χ4n) is 5.77. The van der Waals surface area contributed by atoms with Crippen molar-refractivity contribution in [2.75, 3.05) is 0 Å². The number of fused-ring (bicyclic) bond motifs is 3. The van der Waals surface area contributed by atoms with Gasteiger partial charge < -0.3 is 0 Å². The second-order valence-corrected chi connectivity index (χ2v) is 7.22. The third kappa shape index (κ3) is 2.06. The zero-order valence-corrected chi connectivity index (χ0v) is 11.8. The van der Waals surface area contributed by atoms with Gasteiger partial charge in [-0.2, -0.15) is 0 Å². The van der Waals surface area contributed by atoms with Crippen LogP contribution in [0.15, 0.2) is 0 Å². The number of hydrogen-bond acceptors (Lipinski definition) is 0. The molecule has 0 radical (unpaired) electrons. The lowest BCUT2D eigenvalue weighted by Gasteiger charge is -2.52. The van der Waals surface area contributed by atoms with E-state index in [2.05, 4.69) is 13.8 Å². The van der Waals surface area contributed by atoms with Gasteiger partial charge in [-0.05, 0) is 67.6 Å². The summed E-state index contributed by atoms with van der Waals surface area (Å²) in [5, 5.41) is 0. The minimum atomic E-state index is 1.03. The molecular weight excluding hydrogens is 204 g/mol. The van der Waals surface area contributed by atoms with Gasteiger partial charge in [-0.1, -0.05) is 39.5 Å². The smallest absolute Gasteiger partial charge is 0.0352 e. The van der Waals surface area contributed by atoms with Crippen molar-refractivity contribution >= 4 is 0 Å². The van der Waals surface area contributed by atoms with Crippen LogP contribution < -0.4 is 0 Å². The van der Waals surface area contributed by atoms with Crippen LogP contribution in [-0.2, 0) is 0 Å². The maximum absolute atomic E-state index is 2.58. The first-order valence-corrected chi connectivity index (χ1v) is 8.31. The maximum Gasteiger partial charge on any atom is -0.0352 e. The van der Waals surface area contributed by atoms with Gasteiger partial charge in [0.05, 0.1) is 0 Å². The third-order valence-corrected chi connectivity index (χ3v) is 6.75. The molecule has 0 N–H and O–H groups in total. The normalized spacial score (nSPS) is 50.5. The average Bonchev–Trinajstić information content (AvgIpc) is 2.39. The summed E-state index contributed by atoms with van der Waals surface area (Å²) in [6.45, 7) is 4.99. The first-order valence-electron chi connectivity index (χ1n) is 8.31. The quantitative estimate of drug-likeness (QED) is 0.579. The van der Waals surface area contributed by atoms with Crippen molar-refractivity contribution in [3.8, 4) is 0 Å². The zero-order chi connectivity index (χ0) is 11.8. The van der Waals surface area contributed by atoms with Crippen molar-refractivity contribution in [1.82, 2.24) is 0 Å². The van der Waals surface area contributed by atoms with Gasteiger partial charge in [0.15, 0.2) is 0 Å². The Morgan fingerprint density at radius 3 is 2.35 bits per heavy atom. The summed E-state index contributed by atoms with van der Waals surface area (Å²) >= 11 is 0. The highest BCUT2D eigenvalue weighted by Crippen LogP contribution is 2.54. The van der Waals surface area contributed by atoms with Crippen molar-refractivity contribution in [3.63, 3.8) is 0 Å². The SMILES string of the molecule is CCC1CCC2C3CCCCC3CCC2C1C. The maximum atomic E-state index is 2.58. The highest BCUT2D eigenvalue weighted by molar-refractivity contribution is 4.95. The zero-order valence-electron chi connectivity index (χ0n) is 11.8. The van der Waals surface area contributed by atoms with Gasteiger partial charge in [-0.3, -0.25) is 0 Å². The van der Waals surface area contributed by atoms with Crippen molar-refractivity contribution in [1.29, 1.82) is 0 Å². The van der Waals surface area contributed by atoms with Crippen molar-refractivity contribution in [2.24, 2.45) is 35.5 Å². The van der Waals surface area contributed by atoms with Crippen LogP contribution in [0.1, 0.15) is 71.6 Å². The lowest BCUT2D eigenvalue weighted by atomic mass is 9.53. The van der Waals surface area contributed by atoms with E-state index in [9.17, 15) is 0 Å². The Balaban J connectivity index is 1.74. The fourth-order valence-corrected chi connectivity index (χ4v) is 5.77. The van der Waals surface area contributed by atoms with E-state index in [0.29, 0.717) is 0 Å². The average molecular weight is 234 g/mol. The largest absolute Gasteiger partial charge is 0.0651 e. The van der Waals surface area contributed by atoms with Crippen LogP contribution in [0, 0.1) is 35.5 Å². The van der Waals surface area contributed by atoms with Crippen molar-refractivity contribution in [3.05, 3.63) is 0 Å². The van der Waals surface area contributed by atoms with E-state index in [1.165, 1.54) is 19.3 Å². The molecule has 3 saturated carbocycles. The molecule has 0 aliphatic heterocycles. The Kier molecular flexibility index (Phi) is 3.50. The second-order valence-electron chi connectivity index (χ2n) is 7.22. The van der Waals surface area contributed by atoms with Crippen LogP contribution in [0.3, 0.4) is 0 Å². The molecule has 0 saturated heterocycles. The summed E-state index contributed by atoms with van der Waals surface area (Å²) in [5.74, 6) is 6.59. The molecule has 0 nitrogen and oxygen atoms in total. The molecule has 17 heavy (non-hydrogen) atoms. The topological polar surface area (TPSA) is 0 Å². The molecule has 3 aliphatic rings. The van der Waals surface area contributed by atoms with Gasteiger partial charge in [0.2, 0.25) is 0 Å². The highest BCUT2D eigenvalue weighted by Gasteiger charge is 2.45. The summed E-state index contributed by atoms with van der Waals surface area (Å²) in [4.78, 5) is 0. The molecule has 3 fully saturated rings. The van der Waals surface area contributed by atoms with Gasteiger partial charge in [0.25, 0.3) is 0 Å². The minimum Gasteiger partial charge on any atom is -0.0651 e. The standard InChI is InChI=1S/C17H30/c1-3-13-8-11-17-15(12(13)2)10-9-14-6-4-5-7-16(14)17/h12-17H,3-11H2,1-2H3. The Labute approximate surface area is 108 Å². The molecule has 0 spiro atoms. The Morgan fingerprint density at radius 2 is 1.53 bits per heavy atom. The number of rotatable bonds is 1. The van der Waals surface area contributed by atoms with Crippen molar-refractivity contribution in [2.45, 2.75) is 71.6 Å². The molecular formula is C17H30. The van der Waals surface area contributed by atoms with E-state index in [1.54, 1.807) is 38.5 Å². The molecule has 0 amide bonds. The Hall–Kier alpha value is 0. The van der Waals surface area contributed by atoms with Crippen LogP contribution in [0.4, 0.5) is 0 Å². The van der Waals surface area contributed by atoms with Crippen LogP contribution >= 0.6 is 0 Å². The van der Waals surface area contributed by atoms with Gasteiger partial charge in [0, 0.05) is 0 Å². The van der Waals surface area contributed by atoms with E-state index in [1.807, 2.05) is 0 Å². The molecule has 3 aliphatic carbocycles. The minimum absolute atomic E-state index is 1.03. The van der Waals surface area contributed by atoms with Crippen LogP contribution in [0.5, 0.6) is 0 Å². The Bertz CT molecular complexity index is 257. The molecule has 3 rings (SSSR count). The van der Waals surface area contributed by atoms with E-state index < -0.39 is 0 Å². The summed E-state index contributed by atoms with van der Waals surface area (Å²) in [6.07, 6.45) is 13.9. The molecule has 0 heterocycles. The summed E-state index contributed by atoms with van der Waals surface area (Å²) in [6, 6.07) is 0. The van der Waals surface area contributed by atoms with Crippen LogP contribution in [-0.4, -0.2) is 0 Å². The third-order valence-electron chi connectivity index (χ3n) is 6.75. The molecule has 0 aromatic carbocycles. The fraction of sp³-hybridized carbons (Fsp3) is 1.00. The van der Waals surface area contributed by atoms with E-state index >= 15 is 0 Å². The summed E-state index contributed by atoms with van der Waals surface area (Å²) in [7, 11) is 0. The second kappa shape index (κ2) is 4.94. The van der Waals surface area contributed by atoms with Crippen LogP contribution in [0.25, 0.3) is 0 Å². The monoisotopic (exact) mass is 234 g/mol. The molecule has 0 bridgehead atoms. The van der Waals surface area contributed by atoms with E-state index in [-0.39, 0.29) is 0 Å². The lowest BCUT2D eigenvalue weighted by Crippen LogP contribution is -2.43. The molecule has 0 aromatic rings. The molecule has 98 valence electrons. The summed E-state index contributed by atoms with van der Waals surface area (Å²) < 4.78 is 0. The highest BCUT2D eigenvalue weighted by atomic mass is 14.5. The van der Waals surface area contributed by atoms with Gasteiger partial charge in [-0.25, -0.2) is 0 Å². The van der Waals surface area contributed by atoms with E-state index in [0.717, 1.165) is 35.5 Å². The molecule has 0 heteroatoms. The molecule has 6 atom stereocenters. The van der Waals surface area contributed by atoms with Gasteiger partial charge >= 0.3 is 0 Å². The molecule has 0 aromatic heterocycles. The van der Waals surface area contributed by atoms with Gasteiger partial charge in [-0.15, -0.1) is 0 Å². The van der Waals surface area contributed by atoms with E-state index in [4.69, 9.17) is 0 Å². The predicted molar refractivity (Wildman–Crippen MR) is 73.8 cm³/mol. The Morgan fingerprint density at radius 1 is 0.765 bits per heavy atom. The first kappa shape index (κ1) is 12.1. The molecule has 6 unspecified atom stereocenters. The van der Waals surface area contributed by atoms with Gasteiger partial charge in [0.1, 0.15) is 0 Å².